The Kier molecular flexibility index (Phi) is 47.5. The second kappa shape index (κ2) is 50.9. The number of rotatable bonds is 50. The van der Waals surface area contributed by atoms with E-state index in [0.717, 1.165) is 89.9 Å². The van der Waals surface area contributed by atoms with Gasteiger partial charge in [0, 0.05) is 6.42 Å². The highest BCUT2D eigenvalue weighted by Crippen LogP contribution is 2.26. The zero-order valence-electron chi connectivity index (χ0n) is 47.2. The Morgan fingerprint density at radius 2 is 0.932 bits per heavy atom. The normalized spacial score (nSPS) is 19.8. The third-order valence-electron chi connectivity index (χ3n) is 13.8. The van der Waals surface area contributed by atoms with Gasteiger partial charge in [0.05, 0.1) is 25.4 Å². The summed E-state index contributed by atoms with van der Waals surface area (Å²) in [7, 11) is 0. The molecule has 1 fully saturated rings. The van der Waals surface area contributed by atoms with E-state index >= 15 is 0 Å². The van der Waals surface area contributed by atoms with E-state index in [4.69, 9.17) is 14.2 Å². The van der Waals surface area contributed by atoms with E-state index in [2.05, 4.69) is 86.8 Å². The van der Waals surface area contributed by atoms with Crippen molar-refractivity contribution in [2.24, 2.45) is 0 Å². The fourth-order valence-corrected chi connectivity index (χ4v) is 8.98. The number of esters is 1. The zero-order valence-corrected chi connectivity index (χ0v) is 47.2. The van der Waals surface area contributed by atoms with Gasteiger partial charge in [0.2, 0.25) is 5.91 Å². The van der Waals surface area contributed by atoms with Crippen LogP contribution in [0, 0.1) is 0 Å². The fraction of sp³-hybridized carbons (Fsp3) is 0.778. The third-order valence-corrected chi connectivity index (χ3v) is 13.8. The Morgan fingerprint density at radius 3 is 1.43 bits per heavy atom. The molecule has 0 spiro atoms. The highest BCUT2D eigenvalue weighted by Gasteiger charge is 2.47. The molecule has 11 heteroatoms. The minimum atomic E-state index is -1.63. The molecule has 1 saturated heterocycles. The average molecular weight is 1040 g/mol. The third kappa shape index (κ3) is 38.6. The molecule has 428 valence electrons. The molecule has 6 N–H and O–H groups in total. The van der Waals surface area contributed by atoms with E-state index in [1.807, 2.05) is 6.08 Å². The smallest absolute Gasteiger partial charge is 0.306 e. The maximum atomic E-state index is 13.4. The molecule has 0 radical (unpaired) electrons. The number of carbonyl (C=O) groups is 2. The van der Waals surface area contributed by atoms with Crippen LogP contribution in [0.1, 0.15) is 252 Å². The predicted octanol–water partition coefficient (Wildman–Crippen LogP) is 14.0. The molecular weight excluding hydrogens is 931 g/mol. The van der Waals surface area contributed by atoms with Gasteiger partial charge >= 0.3 is 5.97 Å². The van der Waals surface area contributed by atoms with Crippen molar-refractivity contribution in [2.75, 3.05) is 13.2 Å². The first-order valence-electron chi connectivity index (χ1n) is 30.2. The first-order chi connectivity index (χ1) is 36.2. The molecule has 0 bridgehead atoms. The molecule has 11 nitrogen and oxygen atoms in total. The number of carbonyl (C=O) groups excluding carboxylic acids is 2. The molecule has 1 aliphatic rings. The minimum absolute atomic E-state index is 0.0984. The van der Waals surface area contributed by atoms with Gasteiger partial charge in [0.25, 0.3) is 0 Å². The van der Waals surface area contributed by atoms with E-state index in [0.29, 0.717) is 12.8 Å². The van der Waals surface area contributed by atoms with Gasteiger partial charge in [0.15, 0.2) is 12.4 Å². The summed E-state index contributed by atoms with van der Waals surface area (Å²) in [6.45, 7) is 5.72. The van der Waals surface area contributed by atoms with Crippen molar-refractivity contribution < 1.29 is 49.3 Å². The standard InChI is InChI=1S/C63H111NO10/c1-4-7-10-13-16-19-22-24-25-26-27-28-29-30-31-33-36-39-42-45-48-51-58(68)74-61-60(70)59(69)57(52-65)73-63(61)72-53-54(55(66)49-46-43-40-37-34-21-18-15-12-9-6-3)64-62(71)56(67)50-47-44-41-38-35-32-23-20-17-14-11-8-5-2/h16,19,24-25,27-28,30-31,35,38,46,49,54-57,59-61,63,65-67,69-70H,4-15,17-18,20-23,26,29,32-34,36-37,39-45,47-48,50-53H2,1-3H3,(H,64,71)/b19-16-,25-24-,28-27-,31-30-,38-35-,49-46+. The lowest BCUT2D eigenvalue weighted by Crippen LogP contribution is -2.61. The zero-order chi connectivity index (χ0) is 54.0. The molecule has 1 rings (SSSR count). The van der Waals surface area contributed by atoms with Gasteiger partial charge in [-0.15, -0.1) is 0 Å². The van der Waals surface area contributed by atoms with Gasteiger partial charge in [-0.3, -0.25) is 9.59 Å². The van der Waals surface area contributed by atoms with Gasteiger partial charge in [-0.1, -0.05) is 222 Å². The lowest BCUT2D eigenvalue weighted by molar-refractivity contribution is -0.305. The van der Waals surface area contributed by atoms with Crippen molar-refractivity contribution in [2.45, 2.75) is 301 Å². The van der Waals surface area contributed by atoms with Gasteiger partial charge < -0.3 is 45.1 Å². The SMILES string of the molecule is CCCCC/C=C\C/C=C\C/C=C\C/C=C\CCCCCCCC(=O)OC1C(OCC(NC(=O)C(O)CCCC/C=C\CCCCCCCCC)C(O)/C=C/CCCCCCCCCCC)OC(CO)C(O)C1O. The van der Waals surface area contributed by atoms with Crippen molar-refractivity contribution in [3.8, 4) is 0 Å². The summed E-state index contributed by atoms with van der Waals surface area (Å²) in [6, 6.07) is -1.04. The van der Waals surface area contributed by atoms with Gasteiger partial charge in [0.1, 0.15) is 24.4 Å². The van der Waals surface area contributed by atoms with Crippen molar-refractivity contribution >= 4 is 11.9 Å². The van der Waals surface area contributed by atoms with Crippen LogP contribution in [-0.4, -0.2) is 99.6 Å². The van der Waals surface area contributed by atoms with E-state index in [1.54, 1.807) is 6.08 Å². The second-order valence-corrected chi connectivity index (χ2v) is 20.7. The molecule has 1 heterocycles. The molecule has 8 unspecified atom stereocenters. The highest BCUT2D eigenvalue weighted by molar-refractivity contribution is 5.80. The number of aliphatic hydroxyl groups excluding tert-OH is 5. The molecule has 0 aromatic carbocycles. The number of hydrogen-bond donors (Lipinski definition) is 6. The van der Waals surface area contributed by atoms with Gasteiger partial charge in [-0.25, -0.2) is 0 Å². The summed E-state index contributed by atoms with van der Waals surface area (Å²) in [6.07, 6.45) is 53.7. The maximum absolute atomic E-state index is 13.4. The van der Waals surface area contributed by atoms with Crippen LogP contribution in [0.5, 0.6) is 0 Å². The van der Waals surface area contributed by atoms with E-state index in [1.165, 1.54) is 116 Å². The molecule has 8 atom stereocenters. The van der Waals surface area contributed by atoms with Crippen LogP contribution in [0.4, 0.5) is 0 Å². The first-order valence-corrected chi connectivity index (χ1v) is 30.2. The second-order valence-electron chi connectivity index (χ2n) is 20.7. The number of amides is 1. The van der Waals surface area contributed by atoms with Crippen molar-refractivity contribution in [1.29, 1.82) is 0 Å². The molecule has 0 aromatic rings. The molecule has 0 aromatic heterocycles. The van der Waals surface area contributed by atoms with Crippen LogP contribution in [0.3, 0.4) is 0 Å². The lowest BCUT2D eigenvalue weighted by atomic mass is 9.99. The average Bonchev–Trinajstić information content (AvgIpc) is 3.40. The Labute approximate surface area is 451 Å². The molecule has 74 heavy (non-hydrogen) atoms. The van der Waals surface area contributed by atoms with Crippen LogP contribution in [0.15, 0.2) is 72.9 Å². The van der Waals surface area contributed by atoms with Crippen LogP contribution in [0.2, 0.25) is 0 Å². The van der Waals surface area contributed by atoms with E-state index in [9.17, 15) is 35.1 Å². The summed E-state index contributed by atoms with van der Waals surface area (Å²) in [5.41, 5.74) is 0. The molecule has 0 aliphatic carbocycles. The minimum Gasteiger partial charge on any atom is -0.454 e. The Balaban J connectivity index is 2.69. The lowest BCUT2D eigenvalue weighted by Gasteiger charge is -2.41. The fourth-order valence-electron chi connectivity index (χ4n) is 8.98. The van der Waals surface area contributed by atoms with Crippen LogP contribution in [0.25, 0.3) is 0 Å². The van der Waals surface area contributed by atoms with Crippen molar-refractivity contribution in [3.05, 3.63) is 72.9 Å². The van der Waals surface area contributed by atoms with E-state index in [-0.39, 0.29) is 19.4 Å². The highest BCUT2D eigenvalue weighted by atomic mass is 16.7. The summed E-state index contributed by atoms with van der Waals surface area (Å²) in [4.78, 5) is 26.5. The summed E-state index contributed by atoms with van der Waals surface area (Å²) < 4.78 is 17.6. The Bertz CT molecular complexity index is 1480. The first kappa shape index (κ1) is 69.1. The van der Waals surface area contributed by atoms with Crippen molar-refractivity contribution in [3.63, 3.8) is 0 Å². The number of aliphatic hydroxyl groups is 5. The van der Waals surface area contributed by atoms with Crippen molar-refractivity contribution in [1.82, 2.24) is 5.32 Å². The van der Waals surface area contributed by atoms with Crippen LogP contribution < -0.4 is 5.32 Å². The Morgan fingerprint density at radius 1 is 0.527 bits per heavy atom. The monoisotopic (exact) mass is 1040 g/mol. The van der Waals surface area contributed by atoms with Gasteiger partial charge in [-0.2, -0.15) is 0 Å². The van der Waals surface area contributed by atoms with Gasteiger partial charge in [-0.05, 0) is 96.3 Å². The predicted molar refractivity (Wildman–Crippen MR) is 306 cm³/mol. The number of ether oxygens (including phenoxy) is 3. The summed E-state index contributed by atoms with van der Waals surface area (Å²) in [5, 5.41) is 56.8. The molecule has 0 saturated carbocycles. The number of allylic oxidation sites excluding steroid dienone is 11. The quantitative estimate of drug-likeness (QED) is 0.0195. The van der Waals surface area contributed by atoms with E-state index < -0.39 is 67.4 Å². The summed E-state index contributed by atoms with van der Waals surface area (Å²) >= 11 is 0. The topological polar surface area (TPSA) is 175 Å². The number of unbranched alkanes of at least 4 members (excludes halogenated alkanes) is 26. The van der Waals surface area contributed by atoms with Crippen LogP contribution >= 0.6 is 0 Å². The molecular formula is C63H111NO10. The Hall–Kier alpha value is -2.90. The molecule has 1 aliphatic heterocycles. The molecule has 1 amide bonds. The maximum Gasteiger partial charge on any atom is 0.306 e. The summed E-state index contributed by atoms with van der Waals surface area (Å²) in [5.74, 6) is -1.23. The largest absolute Gasteiger partial charge is 0.454 e. The number of hydrogen-bond acceptors (Lipinski definition) is 10. The van der Waals surface area contributed by atoms with Crippen LogP contribution in [-0.2, 0) is 23.8 Å². The number of nitrogens with one attached hydrogen (secondary N) is 1.